The Morgan fingerprint density at radius 3 is 1.94 bits per heavy atom. The predicted molar refractivity (Wildman–Crippen MR) is 67.3 cm³/mol. The Hall–Kier alpha value is -1.75. The number of carbonyl (C=O) groups is 1. The summed E-state index contributed by atoms with van der Waals surface area (Å²) in [6.07, 6.45) is 0. The fourth-order valence-corrected chi connectivity index (χ4v) is 1.47. The Kier molecular flexibility index (Phi) is 4.19. The fraction of sp³-hybridized carbons (Fsp3) is 0.462. The van der Waals surface area contributed by atoms with E-state index < -0.39 is 11.4 Å². The van der Waals surface area contributed by atoms with Gasteiger partial charge in [-0.15, -0.1) is 0 Å². The number of nitrogens with zero attached hydrogens (tertiary/aromatic N) is 1. The van der Waals surface area contributed by atoms with Crippen LogP contribution >= 0.6 is 0 Å². The first kappa shape index (κ1) is 14.3. The quantitative estimate of drug-likeness (QED) is 0.663. The van der Waals surface area contributed by atoms with Gasteiger partial charge in [0.2, 0.25) is 0 Å². The second-order valence-electron chi connectivity index (χ2n) is 4.83. The van der Waals surface area contributed by atoms with Crippen molar-refractivity contribution in [1.29, 1.82) is 0 Å². The van der Waals surface area contributed by atoms with Crippen molar-refractivity contribution < 1.29 is 19.5 Å². The molecule has 0 spiro atoms. The first-order valence-corrected chi connectivity index (χ1v) is 5.57. The van der Waals surface area contributed by atoms with Crippen molar-refractivity contribution in [2.75, 3.05) is 14.2 Å². The van der Waals surface area contributed by atoms with E-state index in [4.69, 9.17) is 9.47 Å². The van der Waals surface area contributed by atoms with Gasteiger partial charge in [0, 0.05) is 0 Å². The lowest BCUT2D eigenvalue weighted by Crippen LogP contribution is -2.43. The van der Waals surface area contributed by atoms with E-state index >= 15 is 0 Å². The smallest absolute Gasteiger partial charge is 0.285 e. The molecule has 0 aromatic heterocycles. The number of benzene rings is 1. The van der Waals surface area contributed by atoms with E-state index in [1.807, 2.05) is 0 Å². The Bertz CT molecular complexity index is 415. The van der Waals surface area contributed by atoms with Crippen LogP contribution in [-0.4, -0.2) is 35.9 Å². The molecule has 1 N–H and O–H groups in total. The topological polar surface area (TPSA) is 59.0 Å². The number of hydrogen-bond donors (Lipinski definition) is 1. The minimum absolute atomic E-state index is 0.208. The Labute approximate surface area is 107 Å². The van der Waals surface area contributed by atoms with Crippen molar-refractivity contribution in [3.63, 3.8) is 0 Å². The lowest BCUT2D eigenvalue weighted by molar-refractivity contribution is -0.115. The molecule has 0 heterocycles. The van der Waals surface area contributed by atoms with Gasteiger partial charge in [0.1, 0.15) is 17.1 Å². The van der Waals surface area contributed by atoms with E-state index in [2.05, 4.69) is 0 Å². The van der Waals surface area contributed by atoms with Gasteiger partial charge in [-0.05, 0) is 32.9 Å². The zero-order valence-electron chi connectivity index (χ0n) is 11.4. The van der Waals surface area contributed by atoms with Gasteiger partial charge in [-0.2, -0.15) is 0 Å². The molecule has 0 aliphatic rings. The summed E-state index contributed by atoms with van der Waals surface area (Å²) in [5.41, 5.74) is -0.497. The predicted octanol–water partition coefficient (Wildman–Crippen LogP) is 2.33. The van der Waals surface area contributed by atoms with E-state index in [0.29, 0.717) is 16.6 Å². The molecule has 0 radical (unpaired) electrons. The normalized spacial score (nSPS) is 11.0. The number of methoxy groups -OCH3 is 2. The zero-order valence-corrected chi connectivity index (χ0v) is 11.4. The summed E-state index contributed by atoms with van der Waals surface area (Å²) in [6.45, 7) is 5.19. The largest absolute Gasteiger partial charge is 0.496 e. The molecule has 0 atom stereocenters. The Morgan fingerprint density at radius 1 is 1.17 bits per heavy atom. The molecule has 0 aliphatic carbocycles. The second kappa shape index (κ2) is 5.27. The molecule has 0 saturated heterocycles. The van der Waals surface area contributed by atoms with E-state index in [1.54, 1.807) is 39.0 Å². The molecule has 5 heteroatoms. The van der Waals surface area contributed by atoms with Crippen molar-refractivity contribution in [3.05, 3.63) is 23.8 Å². The minimum Gasteiger partial charge on any atom is -0.496 e. The van der Waals surface area contributed by atoms with Gasteiger partial charge in [-0.1, -0.05) is 6.07 Å². The van der Waals surface area contributed by atoms with E-state index in [9.17, 15) is 10.0 Å². The maximum absolute atomic E-state index is 12.3. The van der Waals surface area contributed by atoms with Crippen LogP contribution in [0.5, 0.6) is 11.5 Å². The molecule has 1 rings (SSSR count). The molecule has 1 aromatic rings. The van der Waals surface area contributed by atoms with Crippen molar-refractivity contribution in [3.8, 4) is 11.5 Å². The maximum atomic E-state index is 12.3. The molecule has 0 aliphatic heterocycles. The number of amides is 1. The molecule has 18 heavy (non-hydrogen) atoms. The third-order valence-corrected chi connectivity index (χ3v) is 2.47. The average molecular weight is 253 g/mol. The van der Waals surface area contributed by atoms with Gasteiger partial charge in [0.25, 0.3) is 5.91 Å². The van der Waals surface area contributed by atoms with Crippen LogP contribution in [0.3, 0.4) is 0 Å². The molecule has 100 valence electrons. The van der Waals surface area contributed by atoms with Crippen LogP contribution in [0.1, 0.15) is 31.1 Å². The van der Waals surface area contributed by atoms with Gasteiger partial charge in [-0.3, -0.25) is 10.0 Å². The third kappa shape index (κ3) is 2.73. The number of rotatable bonds is 3. The third-order valence-electron chi connectivity index (χ3n) is 2.47. The van der Waals surface area contributed by atoms with Crippen molar-refractivity contribution in [2.45, 2.75) is 26.3 Å². The van der Waals surface area contributed by atoms with Gasteiger partial charge in [0.05, 0.1) is 19.8 Å². The Morgan fingerprint density at radius 2 is 1.61 bits per heavy atom. The first-order valence-electron chi connectivity index (χ1n) is 5.57. The Balaban J connectivity index is 3.27. The van der Waals surface area contributed by atoms with Crippen LogP contribution in [0.2, 0.25) is 0 Å². The summed E-state index contributed by atoms with van der Waals surface area (Å²) < 4.78 is 10.3. The number of hydrogen-bond acceptors (Lipinski definition) is 4. The minimum atomic E-state index is -0.705. The van der Waals surface area contributed by atoms with Gasteiger partial charge < -0.3 is 9.47 Å². The first-order chi connectivity index (χ1) is 8.32. The highest BCUT2D eigenvalue weighted by Crippen LogP contribution is 2.30. The summed E-state index contributed by atoms with van der Waals surface area (Å²) in [6, 6.07) is 5.01. The highest BCUT2D eigenvalue weighted by molar-refractivity contribution is 5.99. The molecular weight excluding hydrogens is 234 g/mol. The molecule has 0 unspecified atom stereocenters. The summed E-state index contributed by atoms with van der Waals surface area (Å²) in [4.78, 5) is 12.3. The summed E-state index contributed by atoms with van der Waals surface area (Å²) in [5.74, 6) is 0.169. The number of carbonyl (C=O) groups excluding carboxylic acids is 1. The molecule has 1 amide bonds. The number of hydroxylamine groups is 2. The summed E-state index contributed by atoms with van der Waals surface area (Å²) >= 11 is 0. The van der Waals surface area contributed by atoms with Crippen molar-refractivity contribution in [1.82, 2.24) is 5.06 Å². The highest BCUT2D eigenvalue weighted by atomic mass is 16.5. The van der Waals surface area contributed by atoms with Crippen LogP contribution in [0, 0.1) is 0 Å². The summed E-state index contributed by atoms with van der Waals surface area (Å²) in [7, 11) is 2.93. The fourth-order valence-electron chi connectivity index (χ4n) is 1.47. The molecular formula is C13H19NO4. The average Bonchev–Trinajstić information content (AvgIpc) is 2.34. The van der Waals surface area contributed by atoms with Crippen LogP contribution in [0.15, 0.2) is 18.2 Å². The van der Waals surface area contributed by atoms with Crippen molar-refractivity contribution >= 4 is 5.91 Å². The van der Waals surface area contributed by atoms with E-state index in [0.717, 1.165) is 0 Å². The second-order valence-corrected chi connectivity index (χ2v) is 4.83. The van der Waals surface area contributed by atoms with E-state index in [1.165, 1.54) is 14.2 Å². The molecule has 0 bridgehead atoms. The molecule has 5 nitrogen and oxygen atoms in total. The maximum Gasteiger partial charge on any atom is 0.285 e. The van der Waals surface area contributed by atoms with Crippen LogP contribution in [0.25, 0.3) is 0 Å². The molecule has 0 saturated carbocycles. The zero-order chi connectivity index (χ0) is 13.9. The van der Waals surface area contributed by atoms with Crippen molar-refractivity contribution in [2.24, 2.45) is 0 Å². The SMILES string of the molecule is COc1cccc(OC)c1C(=O)N(O)C(C)(C)C. The standard InChI is InChI=1S/C13H19NO4/c1-13(2,3)14(16)12(15)11-9(17-4)7-6-8-10(11)18-5/h6-8,16H,1-5H3. The lowest BCUT2D eigenvalue weighted by Gasteiger charge is -2.30. The lowest BCUT2D eigenvalue weighted by atomic mass is 10.1. The van der Waals surface area contributed by atoms with Crippen LogP contribution in [-0.2, 0) is 0 Å². The van der Waals surface area contributed by atoms with Gasteiger partial charge in [-0.25, -0.2) is 5.06 Å². The summed E-state index contributed by atoms with van der Waals surface area (Å²) in [5, 5.41) is 10.6. The van der Waals surface area contributed by atoms with E-state index in [-0.39, 0.29) is 5.56 Å². The van der Waals surface area contributed by atoms with Crippen LogP contribution < -0.4 is 9.47 Å². The van der Waals surface area contributed by atoms with Gasteiger partial charge in [0.15, 0.2) is 0 Å². The number of ether oxygens (including phenoxy) is 2. The molecule has 1 aromatic carbocycles. The molecule has 0 fully saturated rings. The van der Waals surface area contributed by atoms with Crippen LogP contribution in [0.4, 0.5) is 0 Å². The highest BCUT2D eigenvalue weighted by Gasteiger charge is 2.30. The van der Waals surface area contributed by atoms with Gasteiger partial charge >= 0.3 is 0 Å². The monoisotopic (exact) mass is 253 g/mol.